The quantitative estimate of drug-likeness (QED) is 0.734. The van der Waals surface area contributed by atoms with E-state index < -0.39 is 17.9 Å². The molecule has 0 saturated heterocycles. The predicted octanol–water partition coefficient (Wildman–Crippen LogP) is 2.38. The average molecular weight is 330 g/mol. The molecule has 24 heavy (non-hydrogen) atoms. The number of benzene rings is 1. The van der Waals surface area contributed by atoms with E-state index in [0.717, 1.165) is 11.3 Å². The van der Waals surface area contributed by atoms with Gasteiger partial charge in [0.15, 0.2) is 0 Å². The van der Waals surface area contributed by atoms with E-state index in [-0.39, 0.29) is 6.54 Å². The Kier molecular flexibility index (Phi) is 5.76. The molecule has 6 heteroatoms. The summed E-state index contributed by atoms with van der Waals surface area (Å²) >= 11 is 0. The maximum absolute atomic E-state index is 11.9. The minimum atomic E-state index is -0.748. The van der Waals surface area contributed by atoms with Crippen molar-refractivity contribution >= 4 is 17.5 Å². The third kappa shape index (κ3) is 4.45. The molecule has 1 atom stereocenters. The molecule has 0 aliphatic rings. The van der Waals surface area contributed by atoms with Crippen LogP contribution in [0.3, 0.4) is 0 Å². The van der Waals surface area contributed by atoms with Gasteiger partial charge in [-0.05, 0) is 44.9 Å². The normalized spacial score (nSPS) is 11.8. The number of hydrogen-bond donors (Lipinski definition) is 3. The molecule has 0 fully saturated rings. The van der Waals surface area contributed by atoms with E-state index in [1.54, 1.807) is 32.0 Å². The van der Waals surface area contributed by atoms with Crippen LogP contribution in [0.15, 0.2) is 34.7 Å². The largest absolute Gasteiger partial charge is 0.466 e. The lowest BCUT2D eigenvalue weighted by Crippen LogP contribution is -2.36. The van der Waals surface area contributed by atoms with E-state index >= 15 is 0 Å². The summed E-state index contributed by atoms with van der Waals surface area (Å²) in [6, 6.07) is 8.98. The fourth-order valence-electron chi connectivity index (χ4n) is 2.43. The molecule has 1 aromatic carbocycles. The maximum Gasteiger partial charge on any atom is 0.313 e. The zero-order chi connectivity index (χ0) is 17.7. The van der Waals surface area contributed by atoms with Gasteiger partial charge < -0.3 is 20.2 Å². The lowest BCUT2D eigenvalue weighted by atomic mass is 10.1. The van der Waals surface area contributed by atoms with E-state index in [1.807, 2.05) is 19.1 Å². The molecule has 1 heterocycles. The minimum absolute atomic E-state index is 0.185. The monoisotopic (exact) mass is 330 g/mol. The summed E-state index contributed by atoms with van der Waals surface area (Å²) in [6.07, 6.45) is -0.453. The Hall–Kier alpha value is -2.60. The van der Waals surface area contributed by atoms with Crippen LogP contribution in [0.5, 0.6) is 0 Å². The molecule has 0 bridgehead atoms. The summed E-state index contributed by atoms with van der Waals surface area (Å²) in [6.45, 7) is 5.62. The van der Waals surface area contributed by atoms with Gasteiger partial charge in [0, 0.05) is 17.8 Å². The highest BCUT2D eigenvalue weighted by atomic mass is 16.3. The molecule has 0 spiro atoms. The number of rotatable bonds is 5. The van der Waals surface area contributed by atoms with Gasteiger partial charge in [0.1, 0.15) is 11.5 Å². The van der Waals surface area contributed by atoms with Crippen molar-refractivity contribution in [2.75, 3.05) is 11.9 Å². The van der Waals surface area contributed by atoms with Crippen molar-refractivity contribution < 1.29 is 19.1 Å². The average Bonchev–Trinajstić information content (AvgIpc) is 2.88. The molecular weight excluding hydrogens is 308 g/mol. The molecule has 128 valence electrons. The number of carbonyl (C=O) groups is 2. The molecule has 2 amide bonds. The number of furan rings is 1. The van der Waals surface area contributed by atoms with Gasteiger partial charge in [-0.3, -0.25) is 9.59 Å². The second-order valence-corrected chi connectivity index (χ2v) is 5.70. The molecule has 0 saturated carbocycles. The topological polar surface area (TPSA) is 91.6 Å². The van der Waals surface area contributed by atoms with Crippen molar-refractivity contribution in [2.24, 2.45) is 0 Å². The predicted molar refractivity (Wildman–Crippen MR) is 90.6 cm³/mol. The molecule has 1 aromatic heterocycles. The SMILES string of the molecule is Cc1cc(C(O)CCNC(=O)C(=O)Nc2ccccc2C)c(C)o1. The lowest BCUT2D eigenvalue weighted by molar-refractivity contribution is -0.136. The zero-order valence-corrected chi connectivity index (χ0v) is 14.1. The molecule has 6 nitrogen and oxygen atoms in total. The first kappa shape index (κ1) is 17.7. The van der Waals surface area contributed by atoms with E-state index in [1.165, 1.54) is 0 Å². The van der Waals surface area contributed by atoms with Crippen molar-refractivity contribution in [1.29, 1.82) is 0 Å². The zero-order valence-electron chi connectivity index (χ0n) is 14.1. The highest BCUT2D eigenvalue weighted by Gasteiger charge is 2.17. The summed E-state index contributed by atoms with van der Waals surface area (Å²) in [4.78, 5) is 23.7. The Balaban J connectivity index is 1.81. The van der Waals surface area contributed by atoms with Crippen LogP contribution in [0, 0.1) is 20.8 Å². The van der Waals surface area contributed by atoms with Crippen LogP contribution in [0.1, 0.15) is 35.2 Å². The van der Waals surface area contributed by atoms with Gasteiger partial charge in [-0.15, -0.1) is 0 Å². The van der Waals surface area contributed by atoms with E-state index in [9.17, 15) is 14.7 Å². The van der Waals surface area contributed by atoms with Gasteiger partial charge in [0.25, 0.3) is 0 Å². The van der Waals surface area contributed by atoms with Crippen molar-refractivity contribution in [1.82, 2.24) is 5.32 Å². The van der Waals surface area contributed by atoms with Crippen LogP contribution in [-0.4, -0.2) is 23.5 Å². The number of amides is 2. The molecule has 2 rings (SSSR count). The van der Waals surface area contributed by atoms with Gasteiger partial charge in [-0.25, -0.2) is 0 Å². The summed E-state index contributed by atoms with van der Waals surface area (Å²) in [5.74, 6) is -0.0773. The smallest absolute Gasteiger partial charge is 0.313 e. The lowest BCUT2D eigenvalue weighted by Gasteiger charge is -2.11. The number of para-hydroxylation sites is 1. The number of aliphatic hydroxyl groups is 1. The Morgan fingerprint density at radius 3 is 2.50 bits per heavy atom. The van der Waals surface area contributed by atoms with Crippen LogP contribution in [-0.2, 0) is 9.59 Å². The van der Waals surface area contributed by atoms with Crippen molar-refractivity contribution in [3.05, 3.63) is 53.0 Å². The van der Waals surface area contributed by atoms with Crippen molar-refractivity contribution in [2.45, 2.75) is 33.3 Å². The molecule has 3 N–H and O–H groups in total. The fraction of sp³-hybridized carbons (Fsp3) is 0.333. The number of aryl methyl sites for hydroxylation is 3. The van der Waals surface area contributed by atoms with Gasteiger partial charge in [0.2, 0.25) is 0 Å². The van der Waals surface area contributed by atoms with Gasteiger partial charge in [-0.1, -0.05) is 18.2 Å². The summed E-state index contributed by atoms with van der Waals surface area (Å²) in [7, 11) is 0. The fourth-order valence-corrected chi connectivity index (χ4v) is 2.43. The molecule has 0 radical (unpaired) electrons. The van der Waals surface area contributed by atoms with Crippen molar-refractivity contribution in [3.63, 3.8) is 0 Å². The molecule has 1 unspecified atom stereocenters. The Bertz CT molecular complexity index is 736. The van der Waals surface area contributed by atoms with Gasteiger partial charge >= 0.3 is 11.8 Å². The highest BCUT2D eigenvalue weighted by Crippen LogP contribution is 2.23. The number of hydrogen-bond acceptors (Lipinski definition) is 4. The highest BCUT2D eigenvalue weighted by molar-refractivity contribution is 6.39. The molecule has 0 aliphatic carbocycles. The first-order chi connectivity index (χ1) is 11.4. The second-order valence-electron chi connectivity index (χ2n) is 5.70. The number of anilines is 1. The minimum Gasteiger partial charge on any atom is -0.466 e. The van der Waals surface area contributed by atoms with Crippen LogP contribution in [0.4, 0.5) is 5.69 Å². The third-order valence-corrected chi connectivity index (χ3v) is 3.74. The number of aliphatic hydroxyl groups excluding tert-OH is 1. The standard InChI is InChI=1S/C18H22N2O4/c1-11-6-4-5-7-15(11)20-18(23)17(22)19-9-8-16(21)14-10-12(2)24-13(14)3/h4-7,10,16,21H,8-9H2,1-3H3,(H,19,22)(H,20,23). The Labute approximate surface area is 140 Å². The van der Waals surface area contributed by atoms with E-state index in [2.05, 4.69) is 10.6 Å². The Morgan fingerprint density at radius 1 is 1.17 bits per heavy atom. The first-order valence-electron chi connectivity index (χ1n) is 7.78. The maximum atomic E-state index is 11.9. The van der Waals surface area contributed by atoms with Crippen molar-refractivity contribution in [3.8, 4) is 0 Å². The second kappa shape index (κ2) is 7.79. The van der Waals surface area contributed by atoms with Gasteiger partial charge in [-0.2, -0.15) is 0 Å². The molecular formula is C18H22N2O4. The molecule has 2 aromatic rings. The number of nitrogens with one attached hydrogen (secondary N) is 2. The number of carbonyl (C=O) groups excluding carboxylic acids is 2. The van der Waals surface area contributed by atoms with E-state index in [0.29, 0.717) is 23.4 Å². The summed E-state index contributed by atoms with van der Waals surface area (Å²) in [5.41, 5.74) is 2.17. The third-order valence-electron chi connectivity index (χ3n) is 3.74. The first-order valence-corrected chi connectivity index (χ1v) is 7.78. The Morgan fingerprint density at radius 2 is 1.88 bits per heavy atom. The van der Waals surface area contributed by atoms with Crippen LogP contribution < -0.4 is 10.6 Å². The van der Waals surface area contributed by atoms with Crippen LogP contribution in [0.25, 0.3) is 0 Å². The van der Waals surface area contributed by atoms with Gasteiger partial charge in [0.05, 0.1) is 6.10 Å². The van der Waals surface area contributed by atoms with Crippen LogP contribution in [0.2, 0.25) is 0 Å². The molecule has 0 aliphatic heterocycles. The summed E-state index contributed by atoms with van der Waals surface area (Å²) in [5, 5.41) is 15.2. The van der Waals surface area contributed by atoms with Crippen LogP contribution >= 0.6 is 0 Å². The summed E-state index contributed by atoms with van der Waals surface area (Å²) < 4.78 is 5.37. The van der Waals surface area contributed by atoms with E-state index in [4.69, 9.17) is 4.42 Å².